The average Bonchev–Trinajstić information content (AvgIpc) is 2.68. The van der Waals surface area contributed by atoms with Crippen LogP contribution in [0, 0.1) is 0 Å². The Morgan fingerprint density at radius 1 is 0.967 bits per heavy atom. The molecule has 158 valence electrons. The van der Waals surface area contributed by atoms with Crippen molar-refractivity contribution < 1.29 is 17.7 Å². The smallest absolute Gasteiger partial charge is 0.262 e. The van der Waals surface area contributed by atoms with Gasteiger partial charge in [0.15, 0.2) is 9.79 Å². The normalized spacial score (nSPS) is 13.0. The Morgan fingerprint density at radius 2 is 1.60 bits per heavy atom. The number of halogens is 1. The minimum atomic E-state index is -3.91. The van der Waals surface area contributed by atoms with Crippen LogP contribution in [0.3, 0.4) is 0 Å². The van der Waals surface area contributed by atoms with Crippen molar-refractivity contribution in [1.82, 2.24) is 0 Å². The fourth-order valence-electron chi connectivity index (χ4n) is 2.65. The van der Waals surface area contributed by atoms with Crippen LogP contribution in [0.15, 0.2) is 87.5 Å². The third kappa shape index (κ3) is 5.70. The maximum absolute atomic E-state index is 13.0. The number of benzene rings is 3. The van der Waals surface area contributed by atoms with Crippen molar-refractivity contribution in [2.45, 2.75) is 41.1 Å². The van der Waals surface area contributed by atoms with Crippen LogP contribution in [0.25, 0.3) is 0 Å². The summed E-state index contributed by atoms with van der Waals surface area (Å²) in [4.78, 5) is 0.893. The Bertz CT molecular complexity index is 1110. The quantitative estimate of drug-likeness (QED) is 0.490. The number of anilines is 1. The Hall–Kier alpha value is -2.19. The summed E-state index contributed by atoms with van der Waals surface area (Å²) in [6.07, 6.45) is 0. The van der Waals surface area contributed by atoms with E-state index in [-0.39, 0.29) is 15.5 Å². The molecular formula is C22H22ClNO4S2. The SMILES string of the molecule is CC(C)(C)Oc1ccc(S(=O)(=O)Nc2ccc(Cl)cc2[S+]([O-])c2ccccc2)cc1. The van der Waals surface area contributed by atoms with Crippen LogP contribution < -0.4 is 9.46 Å². The first-order valence-electron chi connectivity index (χ1n) is 9.13. The van der Waals surface area contributed by atoms with E-state index >= 15 is 0 Å². The van der Waals surface area contributed by atoms with Crippen molar-refractivity contribution in [2.24, 2.45) is 0 Å². The van der Waals surface area contributed by atoms with Gasteiger partial charge < -0.3 is 9.29 Å². The lowest BCUT2D eigenvalue weighted by molar-refractivity contribution is 0.131. The molecule has 0 amide bonds. The largest absolute Gasteiger partial charge is 0.606 e. The Labute approximate surface area is 185 Å². The van der Waals surface area contributed by atoms with Crippen molar-refractivity contribution >= 4 is 38.5 Å². The van der Waals surface area contributed by atoms with Gasteiger partial charge in [-0.05, 0) is 69.3 Å². The van der Waals surface area contributed by atoms with Gasteiger partial charge in [0, 0.05) is 22.3 Å². The molecule has 5 nitrogen and oxygen atoms in total. The van der Waals surface area contributed by atoms with E-state index in [1.54, 1.807) is 42.5 Å². The summed E-state index contributed by atoms with van der Waals surface area (Å²) in [5, 5.41) is 0.362. The van der Waals surface area contributed by atoms with Crippen LogP contribution >= 0.6 is 11.6 Å². The van der Waals surface area contributed by atoms with E-state index < -0.39 is 26.8 Å². The summed E-state index contributed by atoms with van der Waals surface area (Å²) in [5.41, 5.74) is -0.185. The van der Waals surface area contributed by atoms with E-state index in [2.05, 4.69) is 4.72 Å². The zero-order valence-corrected chi connectivity index (χ0v) is 19.1. The number of rotatable bonds is 6. The summed E-state index contributed by atoms with van der Waals surface area (Å²) >= 11 is 4.47. The number of nitrogens with one attached hydrogen (secondary N) is 1. The van der Waals surface area contributed by atoms with Crippen molar-refractivity contribution in [1.29, 1.82) is 0 Å². The lowest BCUT2D eigenvalue weighted by Gasteiger charge is -2.21. The van der Waals surface area contributed by atoms with Gasteiger partial charge in [0.2, 0.25) is 0 Å². The molecule has 0 saturated heterocycles. The molecular weight excluding hydrogens is 442 g/mol. The van der Waals surface area contributed by atoms with Gasteiger partial charge in [-0.3, -0.25) is 4.72 Å². The second-order valence-corrected chi connectivity index (χ2v) is 11.1. The second kappa shape index (κ2) is 8.89. The maximum atomic E-state index is 13.0. The molecule has 0 aromatic heterocycles. The summed E-state index contributed by atoms with van der Waals surface area (Å²) in [5.74, 6) is 0.568. The molecule has 0 aliphatic heterocycles. The van der Waals surface area contributed by atoms with Crippen LogP contribution in [0.1, 0.15) is 20.8 Å². The van der Waals surface area contributed by atoms with Gasteiger partial charge in [0.1, 0.15) is 17.0 Å². The zero-order valence-electron chi connectivity index (χ0n) is 16.8. The molecule has 8 heteroatoms. The van der Waals surface area contributed by atoms with Gasteiger partial charge >= 0.3 is 0 Å². The maximum Gasteiger partial charge on any atom is 0.262 e. The predicted molar refractivity (Wildman–Crippen MR) is 120 cm³/mol. The first-order valence-corrected chi connectivity index (χ1v) is 12.1. The lowest BCUT2D eigenvalue weighted by Crippen LogP contribution is -2.23. The third-order valence-corrected chi connectivity index (χ3v) is 6.96. The molecule has 1 atom stereocenters. The lowest BCUT2D eigenvalue weighted by atomic mass is 10.2. The van der Waals surface area contributed by atoms with Crippen molar-refractivity contribution in [3.63, 3.8) is 0 Å². The Kier molecular flexibility index (Phi) is 6.67. The Balaban J connectivity index is 1.90. The van der Waals surface area contributed by atoms with Crippen molar-refractivity contribution in [3.8, 4) is 5.75 Å². The van der Waals surface area contributed by atoms with Gasteiger partial charge in [-0.25, -0.2) is 8.42 Å². The number of sulfonamides is 1. The average molecular weight is 464 g/mol. The number of hydrogen-bond donors (Lipinski definition) is 1. The Morgan fingerprint density at radius 3 is 2.20 bits per heavy atom. The van der Waals surface area contributed by atoms with Crippen LogP contribution in [0.5, 0.6) is 5.75 Å². The van der Waals surface area contributed by atoms with E-state index in [0.717, 1.165) is 0 Å². The molecule has 3 aromatic carbocycles. The predicted octanol–water partition coefficient (Wildman–Crippen LogP) is 5.48. The van der Waals surface area contributed by atoms with E-state index in [1.807, 2.05) is 26.8 Å². The van der Waals surface area contributed by atoms with Crippen molar-refractivity contribution in [2.75, 3.05) is 4.72 Å². The van der Waals surface area contributed by atoms with Gasteiger partial charge in [-0.15, -0.1) is 0 Å². The molecule has 0 fully saturated rings. The van der Waals surface area contributed by atoms with Crippen LogP contribution in [-0.4, -0.2) is 18.6 Å². The fraction of sp³-hybridized carbons (Fsp3) is 0.182. The topological polar surface area (TPSA) is 78.5 Å². The fourth-order valence-corrected chi connectivity index (χ4v) is 5.24. The summed E-state index contributed by atoms with van der Waals surface area (Å²) in [6, 6.07) is 19.5. The van der Waals surface area contributed by atoms with Crippen LogP contribution in [0.4, 0.5) is 5.69 Å². The first kappa shape index (κ1) is 22.5. The highest BCUT2D eigenvalue weighted by molar-refractivity contribution is 7.93. The summed E-state index contributed by atoms with van der Waals surface area (Å²) in [7, 11) is -3.91. The highest BCUT2D eigenvalue weighted by Crippen LogP contribution is 2.32. The molecule has 0 aliphatic carbocycles. The summed E-state index contributed by atoms with van der Waals surface area (Å²) < 4.78 is 47.1. The minimum Gasteiger partial charge on any atom is -0.606 e. The number of hydrogen-bond acceptors (Lipinski definition) is 4. The molecule has 3 rings (SSSR count). The first-order chi connectivity index (χ1) is 14.0. The monoisotopic (exact) mass is 463 g/mol. The second-order valence-electron chi connectivity index (χ2n) is 7.51. The van der Waals surface area contributed by atoms with E-state index in [1.165, 1.54) is 24.3 Å². The highest BCUT2D eigenvalue weighted by Gasteiger charge is 2.24. The zero-order chi connectivity index (χ0) is 21.9. The van der Waals surface area contributed by atoms with Gasteiger partial charge in [-0.1, -0.05) is 29.8 Å². The minimum absolute atomic E-state index is 0.0650. The highest BCUT2D eigenvalue weighted by atomic mass is 35.5. The van der Waals surface area contributed by atoms with E-state index in [4.69, 9.17) is 16.3 Å². The van der Waals surface area contributed by atoms with Crippen molar-refractivity contribution in [3.05, 3.63) is 77.8 Å². The number of ether oxygens (including phenoxy) is 1. The van der Waals surface area contributed by atoms with Gasteiger partial charge in [-0.2, -0.15) is 0 Å². The molecule has 1 unspecified atom stereocenters. The van der Waals surface area contributed by atoms with E-state index in [0.29, 0.717) is 15.7 Å². The molecule has 1 N–H and O–H groups in total. The van der Waals surface area contributed by atoms with Gasteiger partial charge in [0.25, 0.3) is 10.0 Å². The standard InChI is InChI=1S/C22H22ClNO4S2/c1-22(2,3)28-17-10-12-19(13-11-17)30(26,27)24-20-14-9-16(23)15-21(20)29(25)18-7-5-4-6-8-18/h4-15,24H,1-3H3. The molecule has 0 spiro atoms. The molecule has 0 aliphatic rings. The molecule has 0 bridgehead atoms. The van der Waals surface area contributed by atoms with Crippen LogP contribution in [0.2, 0.25) is 5.02 Å². The molecule has 0 radical (unpaired) electrons. The summed E-state index contributed by atoms with van der Waals surface area (Å²) in [6.45, 7) is 5.73. The third-order valence-electron chi connectivity index (χ3n) is 3.90. The molecule has 0 heterocycles. The molecule has 30 heavy (non-hydrogen) atoms. The molecule has 3 aromatic rings. The van der Waals surface area contributed by atoms with Gasteiger partial charge in [0.05, 0.1) is 4.90 Å². The molecule has 0 saturated carbocycles. The van der Waals surface area contributed by atoms with E-state index in [9.17, 15) is 13.0 Å². The van der Waals surface area contributed by atoms with Crippen LogP contribution in [-0.2, 0) is 21.2 Å².